The van der Waals surface area contributed by atoms with Crippen molar-refractivity contribution in [3.8, 4) is 0 Å². The Hall–Kier alpha value is -0.430. The highest BCUT2D eigenvalue weighted by molar-refractivity contribution is 9.10. The predicted octanol–water partition coefficient (Wildman–Crippen LogP) is 3.06. The van der Waals surface area contributed by atoms with Crippen molar-refractivity contribution in [3.63, 3.8) is 0 Å². The number of benzene rings is 1. The zero-order valence-electron chi connectivity index (χ0n) is 12.6. The molecule has 1 aliphatic heterocycles. The summed E-state index contributed by atoms with van der Waals surface area (Å²) in [6, 6.07) is 3.35. The van der Waals surface area contributed by atoms with E-state index in [0.717, 1.165) is 12.8 Å². The van der Waals surface area contributed by atoms with Crippen LogP contribution in [0.4, 0.5) is 0 Å². The van der Waals surface area contributed by atoms with E-state index in [-0.39, 0.29) is 12.6 Å². The number of hydrogen-bond acceptors (Lipinski definition) is 3. The molecule has 2 rings (SSSR count). The first-order valence-corrected chi connectivity index (χ1v) is 9.42. The second-order valence-electron chi connectivity index (χ2n) is 5.95. The van der Waals surface area contributed by atoms with E-state index < -0.39 is 10.0 Å². The lowest BCUT2D eigenvalue weighted by atomic mass is 9.95. The highest BCUT2D eigenvalue weighted by atomic mass is 79.9. The van der Waals surface area contributed by atoms with Gasteiger partial charge in [-0.2, -0.15) is 4.31 Å². The molecule has 1 N–H and O–H groups in total. The van der Waals surface area contributed by atoms with Gasteiger partial charge in [0.25, 0.3) is 0 Å². The quantitative estimate of drug-likeness (QED) is 0.882. The number of nitrogens with zero attached hydrogens (tertiary/aromatic N) is 1. The summed E-state index contributed by atoms with van der Waals surface area (Å²) in [7, 11) is -3.53. The number of sulfonamides is 1. The van der Waals surface area contributed by atoms with Gasteiger partial charge in [-0.15, -0.1) is 0 Å². The molecule has 1 fully saturated rings. The molecule has 0 aromatic heterocycles. The van der Waals surface area contributed by atoms with Gasteiger partial charge < -0.3 is 5.11 Å². The molecule has 0 bridgehead atoms. The van der Waals surface area contributed by atoms with E-state index in [1.165, 1.54) is 0 Å². The maximum Gasteiger partial charge on any atom is 0.243 e. The van der Waals surface area contributed by atoms with E-state index >= 15 is 0 Å². The molecule has 2 atom stereocenters. The molecule has 118 valence electrons. The van der Waals surface area contributed by atoms with E-state index in [1.54, 1.807) is 23.4 Å². The van der Waals surface area contributed by atoms with Gasteiger partial charge in [0.05, 0.1) is 11.5 Å². The molecule has 4 nitrogen and oxygen atoms in total. The van der Waals surface area contributed by atoms with Crippen molar-refractivity contribution >= 4 is 26.0 Å². The Morgan fingerprint density at radius 1 is 1.38 bits per heavy atom. The number of aliphatic hydroxyl groups excluding tert-OH is 1. The van der Waals surface area contributed by atoms with Crippen molar-refractivity contribution < 1.29 is 13.5 Å². The highest BCUT2D eigenvalue weighted by Crippen LogP contribution is 2.32. The standard InChI is InChI=1S/C15H22BrNO3S/c1-10-4-5-17(11(2)6-10)21(19,20)15-8-13(9-18)7-14(16)12(15)3/h7-8,10-11,18H,4-6,9H2,1-3H3. The fraction of sp³-hybridized carbons (Fsp3) is 0.600. The average Bonchev–Trinajstić information content (AvgIpc) is 2.40. The van der Waals surface area contributed by atoms with E-state index in [1.807, 2.05) is 6.92 Å². The summed E-state index contributed by atoms with van der Waals surface area (Å²) in [6.45, 7) is 6.30. The lowest BCUT2D eigenvalue weighted by Crippen LogP contribution is -2.44. The molecule has 21 heavy (non-hydrogen) atoms. The maximum absolute atomic E-state index is 13.0. The van der Waals surface area contributed by atoms with Crippen molar-refractivity contribution in [2.24, 2.45) is 5.92 Å². The van der Waals surface area contributed by atoms with Crippen molar-refractivity contribution in [2.75, 3.05) is 6.54 Å². The van der Waals surface area contributed by atoms with Gasteiger partial charge in [-0.1, -0.05) is 22.9 Å². The fourth-order valence-electron chi connectivity index (χ4n) is 2.94. The number of piperidine rings is 1. The molecule has 1 aliphatic rings. The predicted molar refractivity (Wildman–Crippen MR) is 86.6 cm³/mol. The molecule has 6 heteroatoms. The minimum Gasteiger partial charge on any atom is -0.392 e. The Labute approximate surface area is 135 Å². The van der Waals surface area contributed by atoms with E-state index in [2.05, 4.69) is 22.9 Å². The first-order valence-electron chi connectivity index (χ1n) is 7.19. The van der Waals surface area contributed by atoms with Gasteiger partial charge in [0.15, 0.2) is 0 Å². The smallest absolute Gasteiger partial charge is 0.243 e. The van der Waals surface area contributed by atoms with Crippen LogP contribution in [0.15, 0.2) is 21.5 Å². The van der Waals surface area contributed by atoms with Gasteiger partial charge in [-0.25, -0.2) is 8.42 Å². The lowest BCUT2D eigenvalue weighted by molar-refractivity contribution is 0.220. The van der Waals surface area contributed by atoms with E-state index in [4.69, 9.17) is 0 Å². The van der Waals surface area contributed by atoms with Gasteiger partial charge in [-0.3, -0.25) is 0 Å². The highest BCUT2D eigenvalue weighted by Gasteiger charge is 2.34. The zero-order valence-corrected chi connectivity index (χ0v) is 15.0. The maximum atomic E-state index is 13.0. The average molecular weight is 376 g/mol. The molecule has 0 saturated carbocycles. The van der Waals surface area contributed by atoms with Crippen LogP contribution < -0.4 is 0 Å². The SMILES string of the molecule is Cc1c(Br)cc(CO)cc1S(=O)(=O)N1CCC(C)CC1C. The normalized spacial score (nSPS) is 24.2. The van der Waals surface area contributed by atoms with Crippen LogP contribution in [-0.2, 0) is 16.6 Å². The minimum absolute atomic E-state index is 0.00899. The monoisotopic (exact) mass is 375 g/mol. The van der Waals surface area contributed by atoms with Crippen LogP contribution in [-0.4, -0.2) is 30.4 Å². The summed E-state index contributed by atoms with van der Waals surface area (Å²) in [6.07, 6.45) is 1.78. The summed E-state index contributed by atoms with van der Waals surface area (Å²) in [5.74, 6) is 0.558. The molecular formula is C15H22BrNO3S. The third-order valence-electron chi connectivity index (χ3n) is 4.20. The van der Waals surface area contributed by atoms with Crippen LogP contribution in [0.25, 0.3) is 0 Å². The largest absolute Gasteiger partial charge is 0.392 e. The van der Waals surface area contributed by atoms with Gasteiger partial charge in [0.2, 0.25) is 10.0 Å². The fourth-order valence-corrected chi connectivity index (χ4v) is 5.53. The van der Waals surface area contributed by atoms with E-state index in [9.17, 15) is 13.5 Å². The molecule has 2 unspecified atom stereocenters. The Bertz CT molecular complexity index is 630. The number of hydrogen-bond donors (Lipinski definition) is 1. The Kier molecular flexibility index (Phi) is 5.13. The lowest BCUT2D eigenvalue weighted by Gasteiger charge is -2.35. The first-order chi connectivity index (χ1) is 9.77. The first kappa shape index (κ1) is 16.9. The summed E-state index contributed by atoms with van der Waals surface area (Å²) in [4.78, 5) is 0.294. The number of aliphatic hydroxyl groups is 1. The van der Waals surface area contributed by atoms with Gasteiger partial charge in [0, 0.05) is 17.1 Å². The molecule has 0 radical (unpaired) electrons. The Balaban J connectivity index is 2.47. The second-order valence-corrected chi connectivity index (χ2v) is 8.67. The summed E-state index contributed by atoms with van der Waals surface area (Å²) in [5, 5.41) is 9.31. The van der Waals surface area contributed by atoms with Crippen LogP contribution in [0, 0.1) is 12.8 Å². The molecule has 0 spiro atoms. The number of halogens is 1. The second kappa shape index (κ2) is 6.36. The molecular weight excluding hydrogens is 354 g/mol. The summed E-state index contributed by atoms with van der Waals surface area (Å²) >= 11 is 3.38. The summed E-state index contributed by atoms with van der Waals surface area (Å²) < 4.78 is 28.3. The molecule has 0 amide bonds. The van der Waals surface area contributed by atoms with Crippen molar-refractivity contribution in [1.82, 2.24) is 4.31 Å². The third kappa shape index (κ3) is 3.33. The van der Waals surface area contributed by atoms with Crippen LogP contribution in [0.2, 0.25) is 0 Å². The zero-order chi connectivity index (χ0) is 15.8. The van der Waals surface area contributed by atoms with E-state index in [0.29, 0.717) is 33.0 Å². The Morgan fingerprint density at radius 2 is 2.05 bits per heavy atom. The van der Waals surface area contributed by atoms with Crippen LogP contribution >= 0.6 is 15.9 Å². The van der Waals surface area contributed by atoms with Crippen molar-refractivity contribution in [1.29, 1.82) is 0 Å². The van der Waals surface area contributed by atoms with Gasteiger partial charge in [0.1, 0.15) is 0 Å². The van der Waals surface area contributed by atoms with Crippen LogP contribution in [0.1, 0.15) is 37.8 Å². The van der Waals surface area contributed by atoms with Crippen molar-refractivity contribution in [2.45, 2.75) is 51.2 Å². The Morgan fingerprint density at radius 3 is 2.62 bits per heavy atom. The van der Waals surface area contributed by atoms with Gasteiger partial charge in [-0.05, 0) is 55.9 Å². The molecule has 0 aliphatic carbocycles. The number of rotatable bonds is 3. The van der Waals surface area contributed by atoms with Crippen LogP contribution in [0.3, 0.4) is 0 Å². The van der Waals surface area contributed by atoms with Gasteiger partial charge >= 0.3 is 0 Å². The topological polar surface area (TPSA) is 57.6 Å². The molecule has 1 aromatic rings. The van der Waals surface area contributed by atoms with Crippen LogP contribution in [0.5, 0.6) is 0 Å². The molecule has 1 saturated heterocycles. The molecule has 1 aromatic carbocycles. The summed E-state index contributed by atoms with van der Waals surface area (Å²) in [5.41, 5.74) is 1.29. The third-order valence-corrected chi connectivity index (χ3v) is 7.17. The molecule has 1 heterocycles. The van der Waals surface area contributed by atoms with Crippen molar-refractivity contribution in [3.05, 3.63) is 27.7 Å². The minimum atomic E-state index is -3.53.